The number of aromatic nitrogens is 8. The number of fused-ring (bicyclic) bond motifs is 2. The molecule has 5 unspecified atom stereocenters. The molecule has 26 nitrogen and oxygen atoms in total. The first-order valence-corrected chi connectivity index (χ1v) is 30.9. The van der Waals surface area contributed by atoms with Crippen molar-refractivity contribution in [1.82, 2.24) is 39.0 Å². The summed E-state index contributed by atoms with van der Waals surface area (Å²) in [4.78, 5) is 54.7. The van der Waals surface area contributed by atoms with E-state index in [0.717, 1.165) is 50.0 Å². The SMILES string of the molecule is CCCCCSc1nc(N)c2ncn([C@@H]3O[C@H](COP(=O)(S)OP(=O)(O)C(Cl)P(=O)(O)OP(O)(=S)OC[C@H]4O[C@@H](n5cnc6c(N)nc(SCCCCC)nc65)[C@H](O)[C@@H]4O)[C@@H](O)[C@H]3O)c2n1.[Na+].[Na+].[Na+].[Na+]. The monoisotopic (exact) mass is 1200 g/mol. The second-order valence-electron chi connectivity index (χ2n) is 14.8. The minimum atomic E-state index is -5.79. The quantitative estimate of drug-likeness (QED) is 0.00592. The standard InChI is InChI=1S/C31H49ClN10O16P4S4.4Na/c1-3-5-7-9-65-30-37-23(33)17-25(39-30)41(13-35-17)27-21(45)19(43)15(55-27)11-53-61(51,63)57-59(47,48)29(32)60(49,50)58-62(52,64)54-12-16-20(44)22(46)28(56-16)42-14-36-18-24(34)38-31(40-26(18)42)66-10-8-6-4-2;;;;/h13-16,19-22,27-29,43-46H,3-12H2,1-2H3,(H,47,48)(H,49,50)(H,51,63)(H,52,64)(H2,33,37,39)(H2,34,38,40);;;;/q;4*+1/t15-,16-,19-,20-,21-,22-,27-,28-,29?,61?,62?;;;;/m1..../s1. The third-order valence-corrected chi connectivity index (χ3v) is 22.4. The van der Waals surface area contributed by atoms with Gasteiger partial charge in [0.25, 0.3) is 0 Å². The average molecular weight is 1200 g/mol. The van der Waals surface area contributed by atoms with Crippen molar-refractivity contribution in [2.75, 3.05) is 36.2 Å². The van der Waals surface area contributed by atoms with Gasteiger partial charge in [-0.3, -0.25) is 22.8 Å². The zero-order valence-electron chi connectivity index (χ0n) is 38.8. The first-order valence-electron chi connectivity index (χ1n) is 19.9. The van der Waals surface area contributed by atoms with Gasteiger partial charge in [-0.2, -0.15) is 0 Å². The molecule has 0 aromatic carbocycles. The number of hydrogen-bond donors (Lipinski definition) is 10. The van der Waals surface area contributed by atoms with Gasteiger partial charge in [0.15, 0.2) is 45.7 Å². The molecule has 4 aromatic heterocycles. The number of ether oxygens (including phenoxy) is 2. The third-order valence-electron chi connectivity index (χ3n) is 9.82. The average Bonchev–Trinajstić information content (AvgIpc) is 4.00. The molecule has 0 saturated carbocycles. The van der Waals surface area contributed by atoms with E-state index >= 15 is 0 Å². The first-order chi connectivity index (χ1) is 31.0. The van der Waals surface area contributed by atoms with Gasteiger partial charge in [0.05, 0.1) is 25.9 Å². The Kier molecular flexibility index (Phi) is 29.5. The van der Waals surface area contributed by atoms with E-state index < -0.39 is 95.9 Å². The summed E-state index contributed by atoms with van der Waals surface area (Å²) < 4.78 is 73.0. The van der Waals surface area contributed by atoms with Crippen molar-refractivity contribution in [2.45, 2.75) is 117 Å². The minimum Gasteiger partial charge on any atom is -0.387 e. The van der Waals surface area contributed by atoms with Crippen LogP contribution in [-0.2, 0) is 52.6 Å². The maximum absolute atomic E-state index is 13.2. The molecule has 39 heteroatoms. The topological polar surface area (TPSA) is 387 Å². The molecule has 0 radical (unpaired) electrons. The number of rotatable bonds is 24. The molecule has 0 amide bonds. The summed E-state index contributed by atoms with van der Waals surface area (Å²) in [5.74, 6) is 1.56. The van der Waals surface area contributed by atoms with E-state index in [9.17, 15) is 48.8 Å². The molecule has 2 saturated heterocycles. The maximum Gasteiger partial charge on any atom is 1.00 e. The van der Waals surface area contributed by atoms with Crippen molar-refractivity contribution in [3.05, 3.63) is 12.7 Å². The molecule has 11 N–H and O–H groups in total. The van der Waals surface area contributed by atoms with Gasteiger partial charge in [-0.15, -0.1) is 0 Å². The van der Waals surface area contributed by atoms with Crippen LogP contribution in [0.25, 0.3) is 22.3 Å². The van der Waals surface area contributed by atoms with Crippen LogP contribution in [0.2, 0.25) is 0 Å². The van der Waals surface area contributed by atoms with Crippen LogP contribution < -0.4 is 130 Å². The van der Waals surface area contributed by atoms with Gasteiger partial charge < -0.3 is 60.6 Å². The molecule has 2 aliphatic heterocycles. The Labute approximate surface area is 513 Å². The number of hydrogen-bond acceptors (Lipinski definition) is 24. The molecule has 13 atom stereocenters. The fraction of sp³-hybridized carbons (Fsp3) is 0.677. The number of nitrogen functional groups attached to an aromatic ring is 2. The number of thiol groups is 1. The van der Waals surface area contributed by atoms with Crippen LogP contribution in [0.1, 0.15) is 64.8 Å². The van der Waals surface area contributed by atoms with Crippen LogP contribution in [0, 0.1) is 0 Å². The molecular formula is C31H49ClN10Na4O16P4S4+4. The van der Waals surface area contributed by atoms with E-state index in [2.05, 4.69) is 64.6 Å². The minimum absolute atomic E-state index is 0. The van der Waals surface area contributed by atoms with Crippen LogP contribution in [0.3, 0.4) is 0 Å². The second-order valence-corrected chi connectivity index (χ2v) is 28.2. The number of thioether (sulfide) groups is 2. The normalized spacial score (nSPS) is 26.2. The molecule has 4 aromatic rings. The number of aliphatic hydroxyl groups excluding tert-OH is 4. The number of nitrogens with two attached hydrogens (primary N) is 2. The number of anilines is 2. The number of nitrogens with zero attached hydrogens (tertiary/aromatic N) is 8. The van der Waals surface area contributed by atoms with Gasteiger partial charge in [0.1, 0.15) is 47.7 Å². The molecule has 0 bridgehead atoms. The molecule has 2 fully saturated rings. The summed E-state index contributed by atoms with van der Waals surface area (Å²) in [5.41, 5.74) is 12.9. The number of alkyl halides is 1. The summed E-state index contributed by atoms with van der Waals surface area (Å²) >= 11 is 17.1. The number of halogens is 1. The Hall–Kier alpha value is 2.86. The van der Waals surface area contributed by atoms with E-state index in [1.54, 1.807) is 0 Å². The molecule has 370 valence electrons. The van der Waals surface area contributed by atoms with E-state index in [0.29, 0.717) is 10.3 Å². The molecule has 0 spiro atoms. The molecule has 6 heterocycles. The molecule has 0 aliphatic carbocycles. The van der Waals surface area contributed by atoms with Gasteiger partial charge in [0.2, 0.25) is 4.86 Å². The van der Waals surface area contributed by atoms with Gasteiger partial charge in [-0.05, 0) is 24.6 Å². The largest absolute Gasteiger partial charge is 1.00 e. The summed E-state index contributed by atoms with van der Waals surface area (Å²) in [6.45, 7) is -7.61. The van der Waals surface area contributed by atoms with E-state index in [4.69, 9.17) is 53.4 Å². The van der Waals surface area contributed by atoms with Crippen molar-refractivity contribution >= 4 is 122 Å². The fourth-order valence-corrected chi connectivity index (χ4v) is 17.3. The van der Waals surface area contributed by atoms with Crippen LogP contribution in [0.15, 0.2) is 23.0 Å². The smallest absolute Gasteiger partial charge is 0.387 e. The van der Waals surface area contributed by atoms with Crippen molar-refractivity contribution < 1.29 is 194 Å². The summed E-state index contributed by atoms with van der Waals surface area (Å²) in [5, 5.41) is 44.1. The zero-order chi connectivity index (χ0) is 48.4. The molecule has 2 aliphatic rings. The Morgan fingerprint density at radius 2 is 1.11 bits per heavy atom. The van der Waals surface area contributed by atoms with Gasteiger partial charge >= 0.3 is 147 Å². The van der Waals surface area contributed by atoms with Crippen molar-refractivity contribution in [2.24, 2.45) is 0 Å². The fourth-order valence-electron chi connectivity index (χ4n) is 6.50. The van der Waals surface area contributed by atoms with Crippen LogP contribution in [0.5, 0.6) is 0 Å². The first kappa shape index (κ1) is 69.0. The Morgan fingerprint density at radius 1 is 0.714 bits per heavy atom. The van der Waals surface area contributed by atoms with E-state index in [1.165, 1.54) is 45.3 Å². The predicted molar refractivity (Wildman–Crippen MR) is 248 cm³/mol. The zero-order valence-corrected chi connectivity index (χ0v) is 54.5. The van der Waals surface area contributed by atoms with Crippen molar-refractivity contribution in [1.29, 1.82) is 0 Å². The second kappa shape index (κ2) is 29.9. The molecule has 70 heavy (non-hydrogen) atoms. The molecule has 6 rings (SSSR count). The number of imidazole rings is 2. The van der Waals surface area contributed by atoms with Crippen LogP contribution in [-0.4, -0.2) is 140 Å². The Bertz CT molecular complexity index is 2400. The van der Waals surface area contributed by atoms with Crippen molar-refractivity contribution in [3.8, 4) is 0 Å². The van der Waals surface area contributed by atoms with Crippen LogP contribution >= 0.6 is 76.1 Å². The van der Waals surface area contributed by atoms with E-state index in [1.807, 2.05) is 0 Å². The van der Waals surface area contributed by atoms with Gasteiger partial charge in [-0.1, -0.05) is 86.9 Å². The summed E-state index contributed by atoms with van der Waals surface area (Å²) in [7, 11) is -11.6. The van der Waals surface area contributed by atoms with Gasteiger partial charge in [-0.25, -0.2) is 43.1 Å². The maximum atomic E-state index is 13.2. The predicted octanol–water partition coefficient (Wildman–Crippen LogP) is -8.14. The van der Waals surface area contributed by atoms with Crippen LogP contribution in [0.4, 0.5) is 11.6 Å². The van der Waals surface area contributed by atoms with E-state index in [-0.39, 0.29) is 152 Å². The Balaban J connectivity index is 0.00000420. The molecular weight excluding hydrogens is 1150 g/mol. The summed E-state index contributed by atoms with van der Waals surface area (Å²) in [6.07, 6.45) is -3.97. The Morgan fingerprint density at radius 3 is 1.53 bits per heavy atom. The number of unbranched alkanes of at least 4 members (excludes halogenated alkanes) is 4. The number of aliphatic hydroxyl groups is 4. The van der Waals surface area contributed by atoms with Crippen molar-refractivity contribution in [3.63, 3.8) is 0 Å². The van der Waals surface area contributed by atoms with Gasteiger partial charge in [0, 0.05) is 11.5 Å². The summed E-state index contributed by atoms with van der Waals surface area (Å²) in [6, 6.07) is 0. The third kappa shape index (κ3) is 17.4.